The first-order chi connectivity index (χ1) is 20.4. The van der Waals surface area contributed by atoms with Crippen LogP contribution in [0.25, 0.3) is 0 Å². The van der Waals surface area contributed by atoms with E-state index in [1.54, 1.807) is 20.8 Å². The molecule has 4 N–H and O–H groups in total. The van der Waals surface area contributed by atoms with Crippen molar-refractivity contribution in [2.24, 2.45) is 11.3 Å². The van der Waals surface area contributed by atoms with Gasteiger partial charge < -0.3 is 24.5 Å². The Balaban J connectivity index is 1.44. The third kappa shape index (κ3) is 7.63. The summed E-state index contributed by atoms with van der Waals surface area (Å²) in [5, 5.41) is 8.58. The highest BCUT2D eigenvalue weighted by atomic mass is 16.5. The number of rotatable bonds is 10. The van der Waals surface area contributed by atoms with Gasteiger partial charge in [-0.05, 0) is 56.4 Å². The first-order valence-corrected chi connectivity index (χ1v) is 14.7. The number of carbonyl (C=O) groups is 4. The number of hydrogen-bond acceptors (Lipinski definition) is 10. The molecule has 13 heteroatoms. The third-order valence-corrected chi connectivity index (χ3v) is 7.93. The SMILES string of the molecule is COC(=O)CC[C@H](NC(=O)c1oc(CCC2CNc3nc(NC(=O)C(C)(C)C)[nH]c(=O)c3C2)c2c1CCCC2)C(=O)OC. The Kier molecular flexibility index (Phi) is 9.92. The van der Waals surface area contributed by atoms with Gasteiger partial charge >= 0.3 is 11.9 Å². The zero-order chi connectivity index (χ0) is 31.3. The average molecular weight is 600 g/mol. The molecule has 0 spiro atoms. The van der Waals surface area contributed by atoms with Gasteiger partial charge in [-0.2, -0.15) is 4.98 Å². The maximum Gasteiger partial charge on any atom is 0.328 e. The largest absolute Gasteiger partial charge is 0.469 e. The molecule has 0 radical (unpaired) electrons. The fourth-order valence-electron chi connectivity index (χ4n) is 5.40. The number of anilines is 2. The van der Waals surface area contributed by atoms with E-state index in [1.807, 2.05) is 0 Å². The molecule has 2 atom stereocenters. The van der Waals surface area contributed by atoms with Crippen LogP contribution in [0.15, 0.2) is 9.21 Å². The third-order valence-electron chi connectivity index (χ3n) is 7.93. The van der Waals surface area contributed by atoms with Crippen LogP contribution in [-0.4, -0.2) is 60.5 Å². The number of ether oxygens (including phenoxy) is 2. The highest BCUT2D eigenvalue weighted by Gasteiger charge is 2.31. The first-order valence-electron chi connectivity index (χ1n) is 14.7. The van der Waals surface area contributed by atoms with Crippen molar-refractivity contribution < 1.29 is 33.1 Å². The molecule has 4 rings (SSSR count). The number of aromatic nitrogens is 2. The van der Waals surface area contributed by atoms with Gasteiger partial charge in [0.2, 0.25) is 11.9 Å². The molecular weight excluding hydrogens is 558 g/mol. The number of carbonyl (C=O) groups excluding carboxylic acids is 4. The highest BCUT2D eigenvalue weighted by Crippen LogP contribution is 2.33. The summed E-state index contributed by atoms with van der Waals surface area (Å²) in [5.74, 6) is -0.299. The number of amides is 2. The van der Waals surface area contributed by atoms with E-state index >= 15 is 0 Å². The smallest absolute Gasteiger partial charge is 0.328 e. The highest BCUT2D eigenvalue weighted by molar-refractivity contribution is 5.96. The van der Waals surface area contributed by atoms with Gasteiger partial charge in [-0.15, -0.1) is 0 Å². The Morgan fingerprint density at radius 2 is 1.79 bits per heavy atom. The van der Waals surface area contributed by atoms with Gasteiger partial charge in [0.25, 0.3) is 11.5 Å². The number of nitrogens with one attached hydrogen (secondary N) is 4. The van der Waals surface area contributed by atoms with E-state index in [2.05, 4.69) is 30.7 Å². The van der Waals surface area contributed by atoms with Crippen LogP contribution in [-0.2, 0) is 49.5 Å². The Bertz CT molecular complexity index is 1440. The van der Waals surface area contributed by atoms with E-state index in [9.17, 15) is 24.0 Å². The summed E-state index contributed by atoms with van der Waals surface area (Å²) in [6, 6.07) is -1.02. The topological polar surface area (TPSA) is 182 Å². The molecule has 13 nitrogen and oxygen atoms in total. The number of aromatic amines is 1. The van der Waals surface area contributed by atoms with Crippen molar-refractivity contribution in [2.45, 2.75) is 84.6 Å². The van der Waals surface area contributed by atoms with Gasteiger partial charge in [0.1, 0.15) is 17.6 Å². The van der Waals surface area contributed by atoms with E-state index in [4.69, 9.17) is 9.15 Å². The minimum absolute atomic E-state index is 0.0371. The molecule has 1 aliphatic carbocycles. The fourth-order valence-corrected chi connectivity index (χ4v) is 5.40. The lowest BCUT2D eigenvalue weighted by Gasteiger charge is -2.25. The van der Waals surface area contributed by atoms with Crippen LogP contribution in [0, 0.1) is 11.3 Å². The van der Waals surface area contributed by atoms with Crippen LogP contribution >= 0.6 is 0 Å². The predicted octanol–water partition coefficient (Wildman–Crippen LogP) is 2.67. The van der Waals surface area contributed by atoms with Crippen molar-refractivity contribution in [1.29, 1.82) is 0 Å². The van der Waals surface area contributed by atoms with Crippen molar-refractivity contribution in [3.05, 3.63) is 38.6 Å². The van der Waals surface area contributed by atoms with Crippen LogP contribution in [0.1, 0.15) is 85.9 Å². The van der Waals surface area contributed by atoms with Gasteiger partial charge in [0, 0.05) is 30.4 Å². The second-order valence-electron chi connectivity index (χ2n) is 12.1. The molecular formula is C30H41N5O8. The fraction of sp³-hybridized carbons (Fsp3) is 0.600. The molecule has 234 valence electrons. The summed E-state index contributed by atoms with van der Waals surface area (Å²) < 4.78 is 15.6. The predicted molar refractivity (Wildman–Crippen MR) is 157 cm³/mol. The van der Waals surface area contributed by atoms with E-state index in [1.165, 1.54) is 14.2 Å². The molecule has 0 saturated carbocycles. The summed E-state index contributed by atoms with van der Waals surface area (Å²) in [5.41, 5.74) is 1.49. The van der Waals surface area contributed by atoms with Gasteiger partial charge in [-0.1, -0.05) is 20.8 Å². The number of hydrogen-bond donors (Lipinski definition) is 4. The lowest BCUT2D eigenvalue weighted by Crippen LogP contribution is -2.42. The molecule has 2 amide bonds. The van der Waals surface area contributed by atoms with E-state index in [0.29, 0.717) is 43.6 Å². The molecule has 0 fully saturated rings. The Labute approximate surface area is 249 Å². The maximum absolute atomic E-state index is 13.3. The molecule has 43 heavy (non-hydrogen) atoms. The summed E-state index contributed by atoms with van der Waals surface area (Å²) >= 11 is 0. The van der Waals surface area contributed by atoms with Crippen molar-refractivity contribution in [1.82, 2.24) is 15.3 Å². The lowest BCUT2D eigenvalue weighted by atomic mass is 9.88. The van der Waals surface area contributed by atoms with Crippen LogP contribution in [0.4, 0.5) is 11.8 Å². The monoisotopic (exact) mass is 599 g/mol. The quantitative estimate of drug-likeness (QED) is 0.296. The number of methoxy groups -OCH3 is 2. The summed E-state index contributed by atoms with van der Waals surface area (Å²) in [7, 11) is 2.48. The minimum atomic E-state index is -1.02. The summed E-state index contributed by atoms with van der Waals surface area (Å²) in [4.78, 5) is 69.5. The molecule has 2 aromatic rings. The van der Waals surface area contributed by atoms with E-state index in [0.717, 1.165) is 36.1 Å². The average Bonchev–Trinajstić information content (AvgIpc) is 3.36. The zero-order valence-electron chi connectivity index (χ0n) is 25.4. The number of nitrogens with zero attached hydrogens (tertiary/aromatic N) is 1. The number of esters is 2. The van der Waals surface area contributed by atoms with Crippen LogP contribution in [0.2, 0.25) is 0 Å². The first kappa shape index (κ1) is 31.8. The molecule has 1 aliphatic heterocycles. The Hall–Kier alpha value is -4.16. The lowest BCUT2D eigenvalue weighted by molar-refractivity contribution is -0.144. The molecule has 2 aromatic heterocycles. The van der Waals surface area contributed by atoms with Crippen molar-refractivity contribution >= 4 is 35.5 Å². The van der Waals surface area contributed by atoms with Crippen LogP contribution in [0.3, 0.4) is 0 Å². The van der Waals surface area contributed by atoms with Gasteiger partial charge in [-0.3, -0.25) is 29.5 Å². The number of fused-ring (bicyclic) bond motifs is 2. The molecule has 0 bridgehead atoms. The summed E-state index contributed by atoms with van der Waals surface area (Å²) in [6.45, 7) is 5.92. The zero-order valence-corrected chi connectivity index (χ0v) is 25.4. The van der Waals surface area contributed by atoms with Crippen molar-refractivity contribution in [3.8, 4) is 0 Å². The maximum atomic E-state index is 13.3. The normalized spacial score (nSPS) is 16.6. The minimum Gasteiger partial charge on any atom is -0.469 e. The number of aryl methyl sites for hydroxylation is 1. The van der Waals surface area contributed by atoms with Crippen molar-refractivity contribution in [2.75, 3.05) is 31.4 Å². The van der Waals surface area contributed by atoms with Gasteiger partial charge in [-0.25, -0.2) is 4.79 Å². The Morgan fingerprint density at radius 1 is 1.07 bits per heavy atom. The standard InChI is InChI=1S/C30H41N5O8/c1-30(2,3)28(40)35-29-33-24-19(25(37)34-29)14-16(15-31-24)10-12-21-17-8-6-7-9-18(17)23(43-21)26(38)32-20(27(39)42-5)11-13-22(36)41-4/h16,20H,6-15H2,1-5H3,(H,32,38)(H3,31,33,34,35,37,40)/t16?,20-/m0/s1. The summed E-state index contributed by atoms with van der Waals surface area (Å²) in [6.07, 6.45) is 5.17. The van der Waals surface area contributed by atoms with Crippen LogP contribution < -0.4 is 21.5 Å². The second kappa shape index (κ2) is 13.4. The molecule has 3 heterocycles. The Morgan fingerprint density at radius 3 is 2.47 bits per heavy atom. The van der Waals surface area contributed by atoms with Crippen molar-refractivity contribution in [3.63, 3.8) is 0 Å². The van der Waals surface area contributed by atoms with Crippen LogP contribution in [0.5, 0.6) is 0 Å². The van der Waals surface area contributed by atoms with E-state index < -0.39 is 29.3 Å². The molecule has 0 aromatic carbocycles. The van der Waals surface area contributed by atoms with Gasteiger partial charge in [0.15, 0.2) is 5.76 Å². The van der Waals surface area contributed by atoms with Gasteiger partial charge in [0.05, 0.1) is 19.8 Å². The molecule has 0 saturated heterocycles. The number of H-pyrrole nitrogens is 1. The van der Waals surface area contributed by atoms with E-state index in [-0.39, 0.29) is 41.9 Å². The molecule has 1 unspecified atom stereocenters. The molecule has 2 aliphatic rings. The second-order valence-corrected chi connectivity index (χ2v) is 12.1. The number of furan rings is 1.